The third-order valence-corrected chi connectivity index (χ3v) is 4.86. The predicted molar refractivity (Wildman–Crippen MR) is 38.6 cm³/mol. The molecule has 0 atom stereocenters. The molecule has 0 heterocycles. The Morgan fingerprint density at radius 3 is 1.50 bits per heavy atom. The summed E-state index contributed by atoms with van der Waals surface area (Å²) in [5.74, 6) is 0. The fraction of sp³-hybridized carbons (Fsp3) is 0.667. The Balaban J connectivity index is 4.81. The van der Waals surface area contributed by atoms with Crippen molar-refractivity contribution in [3.8, 4) is 0 Å². The summed E-state index contributed by atoms with van der Waals surface area (Å²) in [5, 5.41) is -2.21. The topological polar surface area (TPSA) is 132 Å². The van der Waals surface area contributed by atoms with Crippen LogP contribution in [0.25, 0.3) is 0 Å². The van der Waals surface area contributed by atoms with Crippen molar-refractivity contribution in [1.82, 2.24) is 0 Å². The van der Waals surface area contributed by atoms with Crippen LogP contribution in [0.2, 0.25) is 0 Å². The lowest BCUT2D eigenvalue weighted by Gasteiger charge is -2.16. The lowest BCUT2D eigenvalue weighted by atomic mass is 10.5. The molecule has 0 radical (unpaired) electrons. The molecule has 4 N–H and O–H groups in total. The van der Waals surface area contributed by atoms with E-state index in [0.29, 0.717) is 0 Å². The summed E-state index contributed by atoms with van der Waals surface area (Å²) in [4.78, 5) is 43.4. The van der Waals surface area contributed by atoms with Gasteiger partial charge in [0.2, 0.25) is 0 Å². The molecule has 0 spiro atoms. The quantitative estimate of drug-likeness (QED) is 0.360. The first-order valence-electron chi connectivity index (χ1n) is 2.73. The molecule has 0 aliphatic heterocycles. The van der Waals surface area contributed by atoms with E-state index in [2.05, 4.69) is 0 Å². The van der Waals surface area contributed by atoms with Crippen molar-refractivity contribution >= 4 is 21.5 Å². The highest BCUT2D eigenvalue weighted by atomic mass is 31.2. The number of carbonyl (C=O) groups excluding carboxylic acids is 1. The zero-order valence-corrected chi connectivity index (χ0v) is 7.56. The minimum Gasteiger partial charge on any atom is -0.324 e. The zero-order chi connectivity index (χ0) is 9.99. The standard InChI is InChI=1S/C3H8O7P2/c4-2-1-3(11(5,6)7)12(8,9)10/h2-3H,1H2,(H2,5,6,7)(H2,8,9,10). The van der Waals surface area contributed by atoms with Crippen LogP contribution in [0.5, 0.6) is 0 Å². The minimum absolute atomic E-state index is 0.0584. The minimum atomic E-state index is -4.91. The molecule has 0 aromatic rings. The van der Waals surface area contributed by atoms with Crippen LogP contribution < -0.4 is 0 Å². The molecule has 72 valence electrons. The third-order valence-electron chi connectivity index (χ3n) is 1.08. The molecule has 0 aliphatic carbocycles. The highest BCUT2D eigenvalue weighted by Crippen LogP contribution is 2.60. The Labute approximate surface area is 67.7 Å². The second-order valence-corrected chi connectivity index (χ2v) is 6.07. The summed E-state index contributed by atoms with van der Waals surface area (Å²) in [6.07, 6.45) is -0.794. The SMILES string of the molecule is O=CCC(P(=O)(O)O)P(=O)(O)O. The first-order valence-corrected chi connectivity index (χ1v) is 6.10. The highest BCUT2D eigenvalue weighted by molar-refractivity contribution is 7.70. The number of rotatable bonds is 4. The van der Waals surface area contributed by atoms with Crippen molar-refractivity contribution < 1.29 is 33.5 Å². The van der Waals surface area contributed by atoms with E-state index < -0.39 is 27.0 Å². The van der Waals surface area contributed by atoms with Gasteiger partial charge in [-0.15, -0.1) is 0 Å². The normalized spacial score (nSPS) is 13.4. The van der Waals surface area contributed by atoms with Crippen LogP contribution in [0, 0.1) is 0 Å². The van der Waals surface area contributed by atoms with Gasteiger partial charge in [0.1, 0.15) is 6.29 Å². The van der Waals surface area contributed by atoms with Gasteiger partial charge in [0.15, 0.2) is 5.40 Å². The van der Waals surface area contributed by atoms with E-state index in [-0.39, 0.29) is 6.29 Å². The van der Waals surface area contributed by atoms with Crippen molar-refractivity contribution in [2.24, 2.45) is 0 Å². The van der Waals surface area contributed by atoms with Crippen LogP contribution in [0.4, 0.5) is 0 Å². The van der Waals surface area contributed by atoms with Crippen LogP contribution >= 0.6 is 15.2 Å². The van der Waals surface area contributed by atoms with Crippen molar-refractivity contribution in [3.63, 3.8) is 0 Å². The summed E-state index contributed by atoms with van der Waals surface area (Å²) in [6.45, 7) is 0. The predicted octanol–water partition coefficient (Wildman–Crippen LogP) is -0.743. The molecule has 0 rings (SSSR count). The molecular weight excluding hydrogens is 210 g/mol. The Morgan fingerprint density at radius 2 is 1.42 bits per heavy atom. The van der Waals surface area contributed by atoms with Crippen molar-refractivity contribution in [1.29, 1.82) is 0 Å². The third kappa shape index (κ3) is 3.58. The van der Waals surface area contributed by atoms with Crippen molar-refractivity contribution in [2.45, 2.75) is 11.8 Å². The molecule has 0 aliphatic rings. The number of hydrogen-bond donors (Lipinski definition) is 4. The maximum atomic E-state index is 10.4. The van der Waals surface area contributed by atoms with Gasteiger partial charge in [-0.25, -0.2) is 0 Å². The van der Waals surface area contributed by atoms with E-state index in [1.807, 2.05) is 0 Å². The molecule has 0 aromatic heterocycles. The zero-order valence-electron chi connectivity index (χ0n) is 5.77. The van der Waals surface area contributed by atoms with Gasteiger partial charge in [-0.2, -0.15) is 0 Å². The van der Waals surface area contributed by atoms with Gasteiger partial charge >= 0.3 is 15.2 Å². The Bertz CT molecular complexity index is 225. The van der Waals surface area contributed by atoms with E-state index in [1.54, 1.807) is 0 Å². The average Bonchev–Trinajstić information content (AvgIpc) is 1.77. The number of aldehydes is 1. The van der Waals surface area contributed by atoms with Crippen LogP contribution in [-0.4, -0.2) is 31.3 Å². The van der Waals surface area contributed by atoms with Crippen LogP contribution in [0.15, 0.2) is 0 Å². The molecule has 0 amide bonds. The summed E-state index contributed by atoms with van der Waals surface area (Å²) < 4.78 is 20.8. The number of hydrogen-bond acceptors (Lipinski definition) is 3. The summed E-state index contributed by atoms with van der Waals surface area (Å²) in [5.41, 5.74) is 0. The second kappa shape index (κ2) is 3.79. The van der Waals surface area contributed by atoms with Crippen LogP contribution in [0.1, 0.15) is 6.42 Å². The molecule has 0 bridgehead atoms. The molecule has 9 heteroatoms. The Kier molecular flexibility index (Phi) is 3.78. The lowest BCUT2D eigenvalue weighted by Crippen LogP contribution is -2.09. The van der Waals surface area contributed by atoms with Gasteiger partial charge in [-0.3, -0.25) is 9.13 Å². The Hall–Kier alpha value is -0.0300. The number of carbonyl (C=O) groups is 1. The first-order chi connectivity index (χ1) is 5.19. The summed E-state index contributed by atoms with van der Waals surface area (Å²) >= 11 is 0. The van der Waals surface area contributed by atoms with Gasteiger partial charge in [-0.1, -0.05) is 0 Å². The molecule has 0 saturated carbocycles. The van der Waals surface area contributed by atoms with E-state index in [4.69, 9.17) is 19.6 Å². The Morgan fingerprint density at radius 1 is 1.08 bits per heavy atom. The van der Waals surface area contributed by atoms with E-state index in [9.17, 15) is 13.9 Å². The lowest BCUT2D eigenvalue weighted by molar-refractivity contribution is -0.107. The fourth-order valence-electron chi connectivity index (χ4n) is 0.557. The van der Waals surface area contributed by atoms with E-state index in [0.717, 1.165) is 0 Å². The highest BCUT2D eigenvalue weighted by Gasteiger charge is 2.42. The maximum absolute atomic E-state index is 10.4. The molecular formula is C3H8O7P2. The van der Waals surface area contributed by atoms with Gasteiger partial charge in [-0.05, 0) is 0 Å². The molecule has 0 aromatic carbocycles. The smallest absolute Gasteiger partial charge is 0.324 e. The maximum Gasteiger partial charge on any atom is 0.341 e. The van der Waals surface area contributed by atoms with E-state index >= 15 is 0 Å². The summed E-state index contributed by atoms with van der Waals surface area (Å²) in [7, 11) is -9.82. The largest absolute Gasteiger partial charge is 0.341 e. The monoisotopic (exact) mass is 218 g/mol. The fourth-order valence-corrected chi connectivity index (χ4v) is 2.85. The van der Waals surface area contributed by atoms with Gasteiger partial charge in [0.25, 0.3) is 0 Å². The van der Waals surface area contributed by atoms with Gasteiger partial charge < -0.3 is 24.4 Å². The van der Waals surface area contributed by atoms with Crippen LogP contribution in [-0.2, 0) is 13.9 Å². The molecule has 7 nitrogen and oxygen atoms in total. The van der Waals surface area contributed by atoms with Crippen molar-refractivity contribution in [2.75, 3.05) is 0 Å². The average molecular weight is 218 g/mol. The van der Waals surface area contributed by atoms with Crippen molar-refractivity contribution in [3.05, 3.63) is 0 Å². The molecule has 0 fully saturated rings. The molecule has 12 heavy (non-hydrogen) atoms. The summed E-state index contributed by atoms with van der Waals surface area (Å²) in [6, 6.07) is 0. The second-order valence-electron chi connectivity index (χ2n) is 2.06. The molecule has 0 unspecified atom stereocenters. The van der Waals surface area contributed by atoms with Gasteiger partial charge in [0.05, 0.1) is 0 Å². The van der Waals surface area contributed by atoms with Crippen LogP contribution in [0.3, 0.4) is 0 Å². The molecule has 0 saturated heterocycles. The van der Waals surface area contributed by atoms with E-state index in [1.165, 1.54) is 0 Å². The van der Waals surface area contributed by atoms with Gasteiger partial charge in [0, 0.05) is 6.42 Å². The first kappa shape index (κ1) is 12.0.